The minimum absolute atomic E-state index is 0.00479. The average Bonchev–Trinajstić information content (AvgIpc) is 3.24. The molecule has 2 heterocycles. The van der Waals surface area contributed by atoms with Crippen molar-refractivity contribution in [1.29, 1.82) is 5.26 Å². The van der Waals surface area contributed by atoms with Gasteiger partial charge in [-0.15, -0.1) is 18.2 Å². The molecule has 0 aromatic heterocycles. The fourth-order valence-corrected chi connectivity index (χ4v) is 6.33. The van der Waals surface area contributed by atoms with Crippen LogP contribution in [0, 0.1) is 29.6 Å². The van der Waals surface area contributed by atoms with Gasteiger partial charge >= 0.3 is 0 Å². The number of piperazine rings is 1. The van der Waals surface area contributed by atoms with Gasteiger partial charge in [-0.05, 0) is 31.5 Å². The highest BCUT2D eigenvalue weighted by Gasteiger charge is 2.40. The van der Waals surface area contributed by atoms with Crippen LogP contribution in [-0.2, 0) is 19.2 Å². The Morgan fingerprint density at radius 1 is 1.20 bits per heavy atom. The number of nitrogens with one attached hydrogen (secondary N) is 3. The van der Waals surface area contributed by atoms with Crippen molar-refractivity contribution < 1.29 is 19.2 Å². The van der Waals surface area contributed by atoms with Crippen molar-refractivity contribution in [2.45, 2.75) is 37.3 Å². The Bertz CT molecular complexity index is 1160. The highest BCUT2D eigenvalue weighted by Crippen LogP contribution is 2.37. The molecule has 0 saturated carbocycles. The van der Waals surface area contributed by atoms with E-state index in [1.54, 1.807) is 16.7 Å². The Kier molecular flexibility index (Phi) is 11.7. The SMILES string of the molecule is C#CCNC(=O)C(C#N)CC1SC(CCNc2cccc(NC(=O)CN3CCN(C(C)=O)CC3)c2)C(=O)N1CC. The van der Waals surface area contributed by atoms with Crippen LogP contribution in [0.4, 0.5) is 11.4 Å². The van der Waals surface area contributed by atoms with Crippen LogP contribution < -0.4 is 16.0 Å². The number of hydrogen-bond acceptors (Lipinski definition) is 8. The van der Waals surface area contributed by atoms with Crippen LogP contribution in [0.3, 0.4) is 0 Å². The van der Waals surface area contributed by atoms with E-state index in [0.29, 0.717) is 51.4 Å². The highest BCUT2D eigenvalue weighted by molar-refractivity contribution is 8.01. The number of nitriles is 1. The Morgan fingerprint density at radius 3 is 2.58 bits per heavy atom. The summed E-state index contributed by atoms with van der Waals surface area (Å²) in [5, 5.41) is 17.7. The van der Waals surface area contributed by atoms with E-state index in [2.05, 4.69) is 21.9 Å². The fourth-order valence-electron chi connectivity index (χ4n) is 4.74. The van der Waals surface area contributed by atoms with Gasteiger partial charge in [0.15, 0.2) is 0 Å². The van der Waals surface area contributed by atoms with E-state index in [-0.39, 0.29) is 47.9 Å². The van der Waals surface area contributed by atoms with Gasteiger partial charge in [0.05, 0.1) is 29.8 Å². The van der Waals surface area contributed by atoms with Crippen molar-refractivity contribution in [2.75, 3.05) is 63.0 Å². The number of nitrogens with zero attached hydrogens (tertiary/aromatic N) is 4. The second kappa shape index (κ2) is 15.2. The monoisotopic (exact) mass is 567 g/mol. The van der Waals surface area contributed by atoms with Crippen molar-refractivity contribution in [3.63, 3.8) is 0 Å². The quantitative estimate of drug-likeness (QED) is 0.320. The van der Waals surface area contributed by atoms with Crippen molar-refractivity contribution in [3.8, 4) is 18.4 Å². The predicted molar refractivity (Wildman–Crippen MR) is 155 cm³/mol. The number of terminal acetylenes is 1. The van der Waals surface area contributed by atoms with Gasteiger partial charge in [-0.3, -0.25) is 24.1 Å². The van der Waals surface area contributed by atoms with Gasteiger partial charge in [-0.1, -0.05) is 12.0 Å². The summed E-state index contributed by atoms with van der Waals surface area (Å²) in [5.41, 5.74) is 1.49. The lowest BCUT2D eigenvalue weighted by Gasteiger charge is -2.33. The van der Waals surface area contributed by atoms with Crippen molar-refractivity contribution in [2.24, 2.45) is 5.92 Å². The lowest BCUT2D eigenvalue weighted by molar-refractivity contribution is -0.131. The van der Waals surface area contributed by atoms with Crippen LogP contribution in [0.2, 0.25) is 0 Å². The minimum atomic E-state index is -0.882. The van der Waals surface area contributed by atoms with Crippen LogP contribution in [0.5, 0.6) is 0 Å². The topological polar surface area (TPSA) is 138 Å². The third kappa shape index (κ3) is 8.63. The first kappa shape index (κ1) is 30.8. The zero-order chi connectivity index (χ0) is 29.1. The van der Waals surface area contributed by atoms with Crippen LogP contribution in [0.1, 0.15) is 26.7 Å². The summed E-state index contributed by atoms with van der Waals surface area (Å²) in [5.74, 6) is 0.969. The van der Waals surface area contributed by atoms with Crippen LogP contribution >= 0.6 is 11.8 Å². The van der Waals surface area contributed by atoms with Crippen LogP contribution in [0.15, 0.2) is 24.3 Å². The fraction of sp³-hybridized carbons (Fsp3) is 0.536. The normalized spacial score (nSPS) is 19.9. The molecule has 1 aromatic rings. The summed E-state index contributed by atoms with van der Waals surface area (Å²) in [6.07, 6.45) is 6.00. The molecule has 214 valence electrons. The van der Waals surface area contributed by atoms with Gasteiger partial charge in [0, 0.05) is 64.0 Å². The number of amides is 4. The molecule has 2 fully saturated rings. The molecule has 1 aromatic carbocycles. The minimum Gasteiger partial charge on any atom is -0.385 e. The number of benzene rings is 1. The number of thioether (sulfide) groups is 1. The molecule has 11 nitrogen and oxygen atoms in total. The van der Waals surface area contributed by atoms with Crippen molar-refractivity contribution in [3.05, 3.63) is 24.3 Å². The molecule has 40 heavy (non-hydrogen) atoms. The number of carbonyl (C=O) groups excluding carboxylic acids is 4. The molecule has 0 spiro atoms. The van der Waals surface area contributed by atoms with E-state index in [0.717, 1.165) is 5.69 Å². The molecule has 4 amide bonds. The molecule has 0 bridgehead atoms. The van der Waals surface area contributed by atoms with E-state index in [1.807, 2.05) is 42.2 Å². The van der Waals surface area contributed by atoms with Crippen molar-refractivity contribution >= 4 is 46.8 Å². The average molecular weight is 568 g/mol. The Balaban J connectivity index is 1.46. The third-order valence-electron chi connectivity index (χ3n) is 6.91. The van der Waals surface area contributed by atoms with E-state index >= 15 is 0 Å². The molecule has 12 heteroatoms. The molecule has 2 saturated heterocycles. The number of hydrogen-bond donors (Lipinski definition) is 3. The number of carbonyl (C=O) groups is 4. The maximum absolute atomic E-state index is 13.0. The van der Waals surface area contributed by atoms with Gasteiger partial charge in [0.2, 0.25) is 23.6 Å². The summed E-state index contributed by atoms with van der Waals surface area (Å²) >= 11 is 1.48. The van der Waals surface area contributed by atoms with E-state index < -0.39 is 11.8 Å². The first-order valence-electron chi connectivity index (χ1n) is 13.4. The molecule has 3 unspecified atom stereocenters. The zero-order valence-corrected chi connectivity index (χ0v) is 23.8. The smallest absolute Gasteiger partial charge is 0.238 e. The summed E-state index contributed by atoms with van der Waals surface area (Å²) in [7, 11) is 0. The van der Waals surface area contributed by atoms with Gasteiger partial charge < -0.3 is 25.8 Å². The molecule has 3 N–H and O–H groups in total. The Labute approximate surface area is 240 Å². The first-order chi connectivity index (χ1) is 19.2. The predicted octanol–water partition coefficient (Wildman–Crippen LogP) is 1.16. The van der Waals surface area contributed by atoms with E-state index in [1.165, 1.54) is 11.8 Å². The largest absolute Gasteiger partial charge is 0.385 e. The van der Waals surface area contributed by atoms with Crippen LogP contribution in [-0.4, -0.2) is 101 Å². The maximum Gasteiger partial charge on any atom is 0.238 e. The van der Waals surface area contributed by atoms with Gasteiger partial charge in [-0.25, -0.2) is 0 Å². The molecule has 0 radical (unpaired) electrons. The third-order valence-corrected chi connectivity index (χ3v) is 8.44. The van der Waals surface area contributed by atoms with E-state index in [4.69, 9.17) is 6.42 Å². The molecule has 2 aliphatic heterocycles. The maximum atomic E-state index is 13.0. The summed E-state index contributed by atoms with van der Waals surface area (Å²) < 4.78 is 0. The molecular formula is C28H37N7O4S. The zero-order valence-electron chi connectivity index (χ0n) is 23.0. The lowest BCUT2D eigenvalue weighted by atomic mass is 10.1. The second-order valence-corrected chi connectivity index (χ2v) is 11.1. The summed E-state index contributed by atoms with van der Waals surface area (Å²) in [6, 6.07) is 9.45. The lowest BCUT2D eigenvalue weighted by Crippen LogP contribution is -2.49. The standard InChI is InChI=1S/C28H37N7O4S/c1-4-10-31-27(38)21(18-29)16-26-35(5-2)28(39)24(40-26)9-11-30-22-7-6-8-23(17-22)32-25(37)19-33-12-14-34(15-13-33)20(3)36/h1,6-8,17,21,24,26,30H,5,9-16,19H2,2-3H3,(H,31,38)(H,32,37). The number of rotatable bonds is 12. The van der Waals surface area contributed by atoms with Gasteiger partial charge in [0.1, 0.15) is 5.92 Å². The molecule has 0 aliphatic carbocycles. The number of anilines is 2. The summed E-state index contributed by atoms with van der Waals surface area (Å²) in [6.45, 7) is 7.39. The van der Waals surface area contributed by atoms with Gasteiger partial charge in [0.25, 0.3) is 0 Å². The van der Waals surface area contributed by atoms with E-state index in [9.17, 15) is 24.4 Å². The van der Waals surface area contributed by atoms with Crippen LogP contribution in [0.25, 0.3) is 0 Å². The second-order valence-electron chi connectivity index (χ2n) is 9.67. The summed E-state index contributed by atoms with van der Waals surface area (Å²) in [4.78, 5) is 54.8. The molecule has 3 rings (SSSR count). The first-order valence-corrected chi connectivity index (χ1v) is 14.4. The van der Waals surface area contributed by atoms with Gasteiger partial charge in [-0.2, -0.15) is 5.26 Å². The Hall–Kier alpha value is -3.74. The Morgan fingerprint density at radius 2 is 1.93 bits per heavy atom. The van der Waals surface area contributed by atoms with Crippen molar-refractivity contribution in [1.82, 2.24) is 20.0 Å². The molecule has 2 aliphatic rings. The molecule has 3 atom stereocenters. The molecular weight excluding hydrogens is 530 g/mol. The highest BCUT2D eigenvalue weighted by atomic mass is 32.2.